The van der Waals surface area contributed by atoms with Gasteiger partial charge in [-0.05, 0) is 113 Å². The van der Waals surface area contributed by atoms with Gasteiger partial charge in [-0.2, -0.15) is 0 Å². The fourth-order valence-electron chi connectivity index (χ4n) is 5.66. The molecule has 166 valence electrons. The van der Waals surface area contributed by atoms with Gasteiger partial charge in [0.25, 0.3) is 0 Å². The molecule has 0 nitrogen and oxygen atoms in total. The second-order valence-corrected chi connectivity index (χ2v) is 10.2. The predicted octanol–water partition coefficient (Wildman–Crippen LogP) is 8.83. The lowest BCUT2D eigenvalue weighted by molar-refractivity contribution is 0.493. The van der Waals surface area contributed by atoms with Gasteiger partial charge < -0.3 is 0 Å². The van der Waals surface area contributed by atoms with Crippen LogP contribution >= 0.6 is 0 Å². The van der Waals surface area contributed by atoms with Crippen LogP contribution in [0, 0.1) is 26.7 Å². The zero-order chi connectivity index (χ0) is 23.1. The summed E-state index contributed by atoms with van der Waals surface area (Å²) in [6.45, 7) is 11.4. The van der Waals surface area contributed by atoms with Crippen LogP contribution in [0.2, 0.25) is 0 Å². The molecule has 1 atom stereocenters. The largest absolute Gasteiger partial charge is 0.0622 e. The minimum absolute atomic E-state index is 0.544. The lowest BCUT2D eigenvalue weighted by Crippen LogP contribution is -2.11. The summed E-state index contributed by atoms with van der Waals surface area (Å²) >= 11 is 0. The standard InChI is InChI=1S/C33H34/c1-21(2)31(28-12-8-6-10-22(28)3)18-25-14-15-30-26(17-25)19-27-20-32(24(5)16-33(27)30)29-13-9-7-11-23(29)4/h6-17,20-21,31H,18-19H2,1-5H3. The predicted molar refractivity (Wildman–Crippen MR) is 142 cm³/mol. The van der Waals surface area contributed by atoms with Crippen LogP contribution < -0.4 is 0 Å². The summed E-state index contributed by atoms with van der Waals surface area (Å²) in [5.74, 6) is 1.15. The van der Waals surface area contributed by atoms with Crippen molar-refractivity contribution in [3.05, 3.63) is 118 Å². The van der Waals surface area contributed by atoms with E-state index in [1.54, 1.807) is 0 Å². The third-order valence-corrected chi connectivity index (χ3v) is 7.57. The molecule has 0 heteroatoms. The molecule has 0 aliphatic heterocycles. The highest BCUT2D eigenvalue weighted by Crippen LogP contribution is 2.42. The molecular formula is C33H34. The Bertz CT molecular complexity index is 1320. The Kier molecular flexibility index (Phi) is 5.71. The molecule has 0 amide bonds. The molecule has 4 aromatic rings. The monoisotopic (exact) mass is 430 g/mol. The fourth-order valence-corrected chi connectivity index (χ4v) is 5.66. The zero-order valence-corrected chi connectivity index (χ0v) is 20.6. The number of rotatable bonds is 5. The van der Waals surface area contributed by atoms with Gasteiger partial charge in [0.05, 0.1) is 0 Å². The molecular weight excluding hydrogens is 396 g/mol. The molecule has 5 rings (SSSR count). The Balaban J connectivity index is 1.47. The van der Waals surface area contributed by atoms with E-state index in [4.69, 9.17) is 0 Å². The summed E-state index contributed by atoms with van der Waals surface area (Å²) in [5, 5.41) is 0. The van der Waals surface area contributed by atoms with Gasteiger partial charge in [0.1, 0.15) is 0 Å². The van der Waals surface area contributed by atoms with Crippen LogP contribution in [0.25, 0.3) is 22.3 Å². The van der Waals surface area contributed by atoms with Gasteiger partial charge in [-0.25, -0.2) is 0 Å². The van der Waals surface area contributed by atoms with E-state index >= 15 is 0 Å². The van der Waals surface area contributed by atoms with Gasteiger partial charge in [0, 0.05) is 0 Å². The normalized spacial score (nSPS) is 13.2. The number of fused-ring (bicyclic) bond motifs is 3. The summed E-state index contributed by atoms with van der Waals surface area (Å²) in [7, 11) is 0. The Hall–Kier alpha value is -3.12. The molecule has 0 saturated heterocycles. The van der Waals surface area contributed by atoms with Crippen LogP contribution in [-0.4, -0.2) is 0 Å². The van der Waals surface area contributed by atoms with Gasteiger partial charge >= 0.3 is 0 Å². The molecule has 33 heavy (non-hydrogen) atoms. The topological polar surface area (TPSA) is 0 Å². The lowest BCUT2D eigenvalue weighted by Gasteiger charge is -2.23. The van der Waals surface area contributed by atoms with E-state index in [0.29, 0.717) is 11.8 Å². The van der Waals surface area contributed by atoms with Crippen LogP contribution in [0.4, 0.5) is 0 Å². The van der Waals surface area contributed by atoms with Crippen molar-refractivity contribution in [1.29, 1.82) is 0 Å². The molecule has 0 fully saturated rings. The molecule has 0 spiro atoms. The van der Waals surface area contributed by atoms with E-state index in [9.17, 15) is 0 Å². The average Bonchev–Trinajstić information content (AvgIpc) is 3.14. The third kappa shape index (κ3) is 4.04. The number of benzene rings is 4. The number of hydrogen-bond donors (Lipinski definition) is 0. The Morgan fingerprint density at radius 1 is 0.606 bits per heavy atom. The summed E-state index contributed by atoms with van der Waals surface area (Å²) in [4.78, 5) is 0. The van der Waals surface area contributed by atoms with E-state index in [1.165, 1.54) is 61.2 Å². The van der Waals surface area contributed by atoms with Gasteiger partial charge in [-0.15, -0.1) is 0 Å². The SMILES string of the molecule is Cc1ccccc1-c1cc2c(cc1C)-c1ccc(CC(c3ccccc3C)C(C)C)cc1C2. The first kappa shape index (κ1) is 21.7. The minimum atomic E-state index is 0.544. The molecule has 1 aliphatic carbocycles. The summed E-state index contributed by atoms with van der Waals surface area (Å²) in [5.41, 5.74) is 15.6. The van der Waals surface area contributed by atoms with Crippen molar-refractivity contribution in [3.8, 4) is 22.3 Å². The van der Waals surface area contributed by atoms with Crippen LogP contribution in [0.5, 0.6) is 0 Å². The van der Waals surface area contributed by atoms with E-state index in [1.807, 2.05) is 0 Å². The van der Waals surface area contributed by atoms with Crippen LogP contribution in [0.1, 0.15) is 58.7 Å². The molecule has 0 radical (unpaired) electrons. The molecule has 0 bridgehead atoms. The van der Waals surface area contributed by atoms with Gasteiger partial charge in [-0.1, -0.05) is 86.6 Å². The van der Waals surface area contributed by atoms with Gasteiger partial charge in [0.15, 0.2) is 0 Å². The maximum Gasteiger partial charge on any atom is -0.00131 e. The molecule has 0 saturated carbocycles. The third-order valence-electron chi connectivity index (χ3n) is 7.57. The highest BCUT2D eigenvalue weighted by Gasteiger charge is 2.23. The van der Waals surface area contributed by atoms with E-state index < -0.39 is 0 Å². The maximum absolute atomic E-state index is 2.48. The zero-order valence-electron chi connectivity index (χ0n) is 20.6. The van der Waals surface area contributed by atoms with E-state index in [2.05, 4.69) is 113 Å². The second kappa shape index (κ2) is 8.67. The quantitative estimate of drug-likeness (QED) is 0.261. The first-order chi connectivity index (χ1) is 15.9. The molecule has 0 heterocycles. The molecule has 1 aliphatic rings. The average molecular weight is 431 g/mol. The Morgan fingerprint density at radius 3 is 2.03 bits per heavy atom. The van der Waals surface area contributed by atoms with Crippen molar-refractivity contribution in [3.63, 3.8) is 0 Å². The number of hydrogen-bond acceptors (Lipinski definition) is 0. The minimum Gasteiger partial charge on any atom is -0.0622 e. The van der Waals surface area contributed by atoms with Crippen LogP contribution in [0.15, 0.2) is 78.9 Å². The second-order valence-electron chi connectivity index (χ2n) is 10.2. The van der Waals surface area contributed by atoms with Gasteiger partial charge in [0.2, 0.25) is 0 Å². The first-order valence-electron chi connectivity index (χ1n) is 12.3. The lowest BCUT2D eigenvalue weighted by atomic mass is 9.81. The van der Waals surface area contributed by atoms with Crippen molar-refractivity contribution in [2.75, 3.05) is 0 Å². The van der Waals surface area contributed by atoms with E-state index in [0.717, 1.165) is 12.8 Å². The molecule has 4 aromatic carbocycles. The highest BCUT2D eigenvalue weighted by atomic mass is 14.3. The maximum atomic E-state index is 2.48. The summed E-state index contributed by atoms with van der Waals surface area (Å²) < 4.78 is 0. The summed E-state index contributed by atoms with van der Waals surface area (Å²) in [6.07, 6.45) is 2.13. The molecule has 0 aromatic heterocycles. The van der Waals surface area contributed by atoms with Crippen molar-refractivity contribution in [2.24, 2.45) is 5.92 Å². The van der Waals surface area contributed by atoms with Gasteiger partial charge in [-0.3, -0.25) is 0 Å². The van der Waals surface area contributed by atoms with Crippen LogP contribution in [-0.2, 0) is 12.8 Å². The van der Waals surface area contributed by atoms with Crippen molar-refractivity contribution < 1.29 is 0 Å². The number of aryl methyl sites for hydroxylation is 3. The fraction of sp³-hybridized carbons (Fsp3) is 0.273. The highest BCUT2D eigenvalue weighted by molar-refractivity contribution is 5.82. The first-order valence-corrected chi connectivity index (χ1v) is 12.3. The van der Waals surface area contributed by atoms with E-state index in [-0.39, 0.29) is 0 Å². The molecule has 0 N–H and O–H groups in total. The van der Waals surface area contributed by atoms with Crippen molar-refractivity contribution in [2.45, 2.75) is 53.4 Å². The smallest absolute Gasteiger partial charge is 0.00131 e. The Morgan fingerprint density at radius 2 is 1.30 bits per heavy atom. The summed E-state index contributed by atoms with van der Waals surface area (Å²) in [6, 6.07) is 29.7. The Labute approximate surface area is 199 Å². The molecule has 1 unspecified atom stereocenters. The van der Waals surface area contributed by atoms with Crippen molar-refractivity contribution in [1.82, 2.24) is 0 Å². The van der Waals surface area contributed by atoms with Crippen molar-refractivity contribution >= 4 is 0 Å². The van der Waals surface area contributed by atoms with Crippen LogP contribution in [0.3, 0.4) is 0 Å².